The van der Waals surface area contributed by atoms with Gasteiger partial charge in [0.2, 0.25) is 0 Å². The lowest BCUT2D eigenvalue weighted by atomic mass is 9.78. The van der Waals surface area contributed by atoms with E-state index in [9.17, 15) is 4.79 Å². The minimum absolute atomic E-state index is 0.361. The molecule has 0 aromatic rings. The van der Waals surface area contributed by atoms with E-state index in [1.165, 1.54) is 0 Å². The molecule has 0 aliphatic heterocycles. The van der Waals surface area contributed by atoms with E-state index >= 15 is 0 Å². The van der Waals surface area contributed by atoms with Gasteiger partial charge in [-0.15, -0.1) is 0 Å². The summed E-state index contributed by atoms with van der Waals surface area (Å²) in [7, 11) is 0. The highest BCUT2D eigenvalue weighted by atomic mass is 16.1. The Labute approximate surface area is 73.8 Å². The highest BCUT2D eigenvalue weighted by Gasteiger charge is 2.39. The molecule has 66 valence electrons. The van der Waals surface area contributed by atoms with Crippen LogP contribution in [-0.2, 0) is 4.79 Å². The van der Waals surface area contributed by atoms with E-state index in [2.05, 4.69) is 26.0 Å². The Hall–Kier alpha value is -0.590. The zero-order valence-corrected chi connectivity index (χ0v) is 7.79. The second kappa shape index (κ2) is 2.72. The molecule has 2 bridgehead atoms. The number of hydrogen-bond donors (Lipinski definition) is 0. The standard InChI is InChI=1S/C11H16O/c1-7(2)9-4-3-8-5-10(9)11(12)6-8/h3-4,7-10H,5-6H2,1-2H3/t8-,9-,10-/m0/s1. The topological polar surface area (TPSA) is 17.1 Å². The van der Waals surface area contributed by atoms with Gasteiger partial charge in [0.1, 0.15) is 5.78 Å². The van der Waals surface area contributed by atoms with Gasteiger partial charge in [0.15, 0.2) is 0 Å². The van der Waals surface area contributed by atoms with Crippen molar-refractivity contribution >= 4 is 5.78 Å². The highest BCUT2D eigenvalue weighted by Crippen LogP contribution is 2.41. The Morgan fingerprint density at radius 2 is 2.17 bits per heavy atom. The van der Waals surface area contributed by atoms with Gasteiger partial charge in [0.05, 0.1) is 0 Å². The SMILES string of the molecule is CC(C)[C@@H]1C=C[C@@H]2CC(=O)[C@H]1C2. The van der Waals surface area contributed by atoms with Crippen molar-refractivity contribution < 1.29 is 4.79 Å². The number of allylic oxidation sites excluding steroid dienone is 2. The molecule has 0 spiro atoms. The predicted molar refractivity (Wildman–Crippen MR) is 48.7 cm³/mol. The van der Waals surface area contributed by atoms with Crippen LogP contribution in [-0.4, -0.2) is 5.78 Å². The van der Waals surface area contributed by atoms with Gasteiger partial charge in [-0.25, -0.2) is 0 Å². The second-order valence-corrected chi connectivity index (χ2v) is 4.48. The Morgan fingerprint density at radius 3 is 2.83 bits per heavy atom. The lowest BCUT2D eigenvalue weighted by molar-refractivity contribution is -0.121. The number of fused-ring (bicyclic) bond motifs is 2. The molecule has 2 aliphatic rings. The molecular weight excluding hydrogens is 148 g/mol. The Morgan fingerprint density at radius 1 is 1.42 bits per heavy atom. The fourth-order valence-electron chi connectivity index (χ4n) is 2.58. The molecule has 1 fully saturated rings. The van der Waals surface area contributed by atoms with Crippen molar-refractivity contribution in [2.45, 2.75) is 26.7 Å². The van der Waals surface area contributed by atoms with E-state index < -0.39 is 0 Å². The summed E-state index contributed by atoms with van der Waals surface area (Å²) in [6.07, 6.45) is 6.46. The first-order valence-corrected chi connectivity index (χ1v) is 4.89. The van der Waals surface area contributed by atoms with Crippen LogP contribution in [0.4, 0.5) is 0 Å². The molecule has 0 aromatic carbocycles. The maximum Gasteiger partial charge on any atom is 0.137 e. The summed E-state index contributed by atoms with van der Waals surface area (Å²) in [5.41, 5.74) is 0. The van der Waals surface area contributed by atoms with Crippen LogP contribution in [0.15, 0.2) is 12.2 Å². The third kappa shape index (κ3) is 1.12. The normalized spacial score (nSPS) is 39.6. The number of carbonyl (C=O) groups excluding carboxylic acids is 1. The van der Waals surface area contributed by atoms with Crippen LogP contribution in [0.1, 0.15) is 26.7 Å². The third-order valence-electron chi connectivity index (χ3n) is 3.27. The molecule has 0 N–H and O–H groups in total. The number of Topliss-reactive ketones (excluding diaryl/α,β-unsaturated/α-hetero) is 1. The number of rotatable bonds is 1. The van der Waals surface area contributed by atoms with Gasteiger partial charge in [-0.1, -0.05) is 26.0 Å². The number of carbonyl (C=O) groups is 1. The van der Waals surface area contributed by atoms with Crippen LogP contribution in [0.3, 0.4) is 0 Å². The lowest BCUT2D eigenvalue weighted by Gasteiger charge is -2.25. The van der Waals surface area contributed by atoms with Gasteiger partial charge in [-0.05, 0) is 24.2 Å². The van der Waals surface area contributed by atoms with Crippen LogP contribution in [0.25, 0.3) is 0 Å². The second-order valence-electron chi connectivity index (χ2n) is 4.48. The molecule has 2 aliphatic carbocycles. The van der Waals surface area contributed by atoms with Crippen molar-refractivity contribution in [3.63, 3.8) is 0 Å². The summed E-state index contributed by atoms with van der Waals surface area (Å²) < 4.78 is 0. The molecule has 0 unspecified atom stereocenters. The highest BCUT2D eigenvalue weighted by molar-refractivity contribution is 5.84. The van der Waals surface area contributed by atoms with Crippen LogP contribution < -0.4 is 0 Å². The van der Waals surface area contributed by atoms with Gasteiger partial charge in [-0.2, -0.15) is 0 Å². The van der Waals surface area contributed by atoms with Crippen LogP contribution in [0.5, 0.6) is 0 Å². The molecule has 0 amide bonds. The summed E-state index contributed by atoms with van der Waals surface area (Å²) >= 11 is 0. The first kappa shape index (κ1) is 8.03. The minimum Gasteiger partial charge on any atom is -0.299 e. The first-order valence-electron chi connectivity index (χ1n) is 4.89. The van der Waals surface area contributed by atoms with E-state index in [1.807, 2.05) is 0 Å². The molecule has 1 saturated carbocycles. The van der Waals surface area contributed by atoms with Crippen molar-refractivity contribution in [1.82, 2.24) is 0 Å². The molecular formula is C11H16O. The van der Waals surface area contributed by atoms with E-state index in [0.717, 1.165) is 12.8 Å². The van der Waals surface area contributed by atoms with Gasteiger partial charge in [-0.3, -0.25) is 4.79 Å². The van der Waals surface area contributed by atoms with Crippen molar-refractivity contribution in [3.8, 4) is 0 Å². The van der Waals surface area contributed by atoms with Gasteiger partial charge >= 0.3 is 0 Å². The fourth-order valence-corrected chi connectivity index (χ4v) is 2.58. The summed E-state index contributed by atoms with van der Waals surface area (Å²) in [5, 5.41) is 0. The molecule has 1 nitrogen and oxygen atoms in total. The zero-order valence-electron chi connectivity index (χ0n) is 7.79. The molecule has 12 heavy (non-hydrogen) atoms. The lowest BCUT2D eigenvalue weighted by Crippen LogP contribution is -2.22. The smallest absolute Gasteiger partial charge is 0.137 e. The Balaban J connectivity index is 2.22. The number of hydrogen-bond acceptors (Lipinski definition) is 1. The summed E-state index contributed by atoms with van der Waals surface area (Å²) in [6.45, 7) is 4.42. The van der Waals surface area contributed by atoms with Crippen molar-refractivity contribution in [3.05, 3.63) is 12.2 Å². The maximum absolute atomic E-state index is 11.5. The van der Waals surface area contributed by atoms with Crippen LogP contribution in [0, 0.1) is 23.7 Å². The molecule has 0 saturated heterocycles. The van der Waals surface area contributed by atoms with Crippen LogP contribution >= 0.6 is 0 Å². The summed E-state index contributed by atoms with van der Waals surface area (Å²) in [4.78, 5) is 11.5. The van der Waals surface area contributed by atoms with Gasteiger partial charge in [0.25, 0.3) is 0 Å². The molecule has 0 aromatic heterocycles. The van der Waals surface area contributed by atoms with E-state index in [1.54, 1.807) is 0 Å². The quantitative estimate of drug-likeness (QED) is 0.544. The van der Waals surface area contributed by atoms with Crippen molar-refractivity contribution in [2.24, 2.45) is 23.7 Å². The largest absolute Gasteiger partial charge is 0.299 e. The first-order chi connectivity index (χ1) is 5.68. The van der Waals surface area contributed by atoms with Crippen molar-refractivity contribution in [2.75, 3.05) is 0 Å². The van der Waals surface area contributed by atoms with Gasteiger partial charge in [0, 0.05) is 12.3 Å². The Bertz CT molecular complexity index is 227. The van der Waals surface area contributed by atoms with Gasteiger partial charge < -0.3 is 0 Å². The predicted octanol–water partition coefficient (Wildman–Crippen LogP) is 2.42. The van der Waals surface area contributed by atoms with E-state index in [-0.39, 0.29) is 0 Å². The van der Waals surface area contributed by atoms with E-state index in [0.29, 0.717) is 29.5 Å². The number of ketones is 1. The maximum atomic E-state index is 11.5. The average Bonchev–Trinajstić information content (AvgIpc) is 2.28. The molecule has 0 radical (unpaired) electrons. The third-order valence-corrected chi connectivity index (χ3v) is 3.27. The summed E-state index contributed by atoms with van der Waals surface area (Å²) in [6, 6.07) is 0. The average molecular weight is 164 g/mol. The van der Waals surface area contributed by atoms with Crippen LogP contribution in [0.2, 0.25) is 0 Å². The molecule has 2 rings (SSSR count). The molecule has 0 heterocycles. The Kier molecular flexibility index (Phi) is 1.82. The summed E-state index contributed by atoms with van der Waals surface area (Å²) in [5.74, 6) is 2.59. The molecule has 3 atom stereocenters. The monoisotopic (exact) mass is 164 g/mol. The van der Waals surface area contributed by atoms with E-state index in [4.69, 9.17) is 0 Å². The minimum atomic E-state index is 0.361. The zero-order chi connectivity index (χ0) is 8.72. The fraction of sp³-hybridized carbons (Fsp3) is 0.727. The molecule has 1 heteroatoms. The van der Waals surface area contributed by atoms with Crippen molar-refractivity contribution in [1.29, 1.82) is 0 Å².